The summed E-state index contributed by atoms with van der Waals surface area (Å²) in [4.78, 5) is 0.732. The molecule has 6 aromatic carbocycles. The van der Waals surface area contributed by atoms with Crippen LogP contribution in [0.3, 0.4) is 0 Å². The molecule has 6 aromatic rings. The van der Waals surface area contributed by atoms with Gasteiger partial charge >= 0.3 is 0 Å². The number of nitrogens with two attached hydrogens (primary N) is 2. The largest absolute Gasteiger partial charge is 0.402 e. The summed E-state index contributed by atoms with van der Waals surface area (Å²) in [7, 11) is 0. The number of thiol groups is 1. The zero-order valence-corrected chi connectivity index (χ0v) is 26.1. The van der Waals surface area contributed by atoms with Crippen molar-refractivity contribution in [1.82, 2.24) is 0 Å². The van der Waals surface area contributed by atoms with Crippen molar-refractivity contribution >= 4 is 98.3 Å². The normalized spacial score (nSPS) is 13.4. The topological polar surface area (TPSA) is 101 Å². The highest BCUT2D eigenvalue weighted by molar-refractivity contribution is 7.80. The van der Waals surface area contributed by atoms with E-state index < -0.39 is 0 Å². The summed E-state index contributed by atoms with van der Waals surface area (Å²) in [6, 6.07) is 23.9. The zero-order chi connectivity index (χ0) is 31.4. The molecule has 0 saturated carbocycles. The first kappa shape index (κ1) is 28.5. The van der Waals surface area contributed by atoms with Crippen LogP contribution in [0.5, 0.6) is 0 Å². The molecule has 0 spiro atoms. The number of nitrogens with zero attached hydrogens (tertiary/aromatic N) is 4. The van der Waals surface area contributed by atoms with Crippen molar-refractivity contribution in [2.45, 2.75) is 31.6 Å². The van der Waals surface area contributed by atoms with Crippen LogP contribution >= 0.6 is 12.6 Å². The van der Waals surface area contributed by atoms with Gasteiger partial charge in [0.25, 0.3) is 0 Å². The van der Waals surface area contributed by atoms with Gasteiger partial charge in [0.05, 0.1) is 17.1 Å². The van der Waals surface area contributed by atoms with E-state index >= 15 is 0 Å². The molecule has 220 valence electrons. The molecule has 0 bridgehead atoms. The van der Waals surface area contributed by atoms with Crippen molar-refractivity contribution < 1.29 is 0 Å². The SMILES string of the molecule is C=c1c2cccc(N=Nc3c(S)cc4cccc(N)c4c3C)c2c(=C)c2cccc(N=Nc3cc4c(cc3C)=CCCC=4N)c12. The predicted molar refractivity (Wildman–Crippen MR) is 192 cm³/mol. The lowest BCUT2D eigenvalue weighted by Crippen LogP contribution is -2.32. The Kier molecular flexibility index (Phi) is 6.98. The maximum Gasteiger partial charge on any atom is 0.103 e. The number of aryl methyl sites for hydroxylation is 2. The smallest absolute Gasteiger partial charge is 0.103 e. The first-order chi connectivity index (χ1) is 21.7. The molecule has 0 radical (unpaired) electrons. The highest BCUT2D eigenvalue weighted by Gasteiger charge is 2.13. The van der Waals surface area contributed by atoms with Crippen molar-refractivity contribution in [3.8, 4) is 0 Å². The summed E-state index contributed by atoms with van der Waals surface area (Å²) < 4.78 is 0. The molecule has 7 rings (SSSR count). The number of rotatable bonds is 4. The third-order valence-electron chi connectivity index (χ3n) is 8.75. The zero-order valence-electron chi connectivity index (χ0n) is 25.2. The fourth-order valence-corrected chi connectivity index (χ4v) is 6.80. The van der Waals surface area contributed by atoms with Crippen LogP contribution in [0, 0.1) is 13.8 Å². The molecule has 45 heavy (non-hydrogen) atoms. The van der Waals surface area contributed by atoms with Gasteiger partial charge in [0.1, 0.15) is 5.69 Å². The van der Waals surface area contributed by atoms with Crippen LogP contribution in [0.2, 0.25) is 0 Å². The Morgan fingerprint density at radius 1 is 0.711 bits per heavy atom. The summed E-state index contributed by atoms with van der Waals surface area (Å²) in [5.41, 5.74) is 19.1. The van der Waals surface area contributed by atoms with Crippen LogP contribution in [0.4, 0.5) is 28.4 Å². The molecule has 0 aliphatic heterocycles. The molecule has 6 nitrogen and oxygen atoms in total. The molecular weight excluding hydrogens is 573 g/mol. The highest BCUT2D eigenvalue weighted by atomic mass is 32.1. The minimum Gasteiger partial charge on any atom is -0.402 e. The van der Waals surface area contributed by atoms with Gasteiger partial charge in [0.2, 0.25) is 0 Å². The quantitative estimate of drug-likeness (QED) is 0.0824. The molecule has 4 N–H and O–H groups in total. The number of hydrogen-bond donors (Lipinski definition) is 3. The summed E-state index contributed by atoms with van der Waals surface area (Å²) in [6.07, 6.45) is 4.04. The van der Waals surface area contributed by atoms with Gasteiger partial charge in [-0.3, -0.25) is 0 Å². The van der Waals surface area contributed by atoms with Gasteiger partial charge < -0.3 is 11.5 Å². The van der Waals surface area contributed by atoms with E-state index in [9.17, 15) is 0 Å². The van der Waals surface area contributed by atoms with Crippen molar-refractivity contribution in [3.63, 3.8) is 0 Å². The second-order valence-corrected chi connectivity index (χ2v) is 12.0. The second-order valence-electron chi connectivity index (χ2n) is 11.6. The number of hydrogen-bond acceptors (Lipinski definition) is 7. The number of fused-ring (bicyclic) bond motifs is 4. The van der Waals surface area contributed by atoms with Crippen LogP contribution in [0.15, 0.2) is 98.1 Å². The van der Waals surface area contributed by atoms with E-state index in [0.29, 0.717) is 17.1 Å². The van der Waals surface area contributed by atoms with E-state index in [0.717, 1.165) is 99.1 Å². The lowest BCUT2D eigenvalue weighted by Gasteiger charge is -2.11. The molecule has 0 aromatic heterocycles. The molecule has 0 heterocycles. The maximum atomic E-state index is 6.33. The molecule has 0 unspecified atom stereocenters. The minimum atomic E-state index is 0.680. The van der Waals surface area contributed by atoms with Crippen LogP contribution in [-0.4, -0.2) is 0 Å². The molecule has 7 heteroatoms. The van der Waals surface area contributed by atoms with E-state index in [2.05, 4.69) is 30.4 Å². The van der Waals surface area contributed by atoms with E-state index in [1.54, 1.807) is 0 Å². The van der Waals surface area contributed by atoms with Gasteiger partial charge in [-0.1, -0.05) is 55.6 Å². The van der Waals surface area contributed by atoms with Crippen LogP contribution in [0.1, 0.15) is 24.0 Å². The van der Waals surface area contributed by atoms with Gasteiger partial charge in [-0.25, -0.2) is 0 Å². The highest BCUT2D eigenvalue weighted by Crippen LogP contribution is 2.38. The van der Waals surface area contributed by atoms with Crippen LogP contribution in [-0.2, 0) is 0 Å². The molecule has 0 atom stereocenters. The average Bonchev–Trinajstić information content (AvgIpc) is 3.02. The first-order valence-corrected chi connectivity index (χ1v) is 15.3. The molecule has 0 amide bonds. The number of benzene rings is 6. The molecule has 0 fully saturated rings. The summed E-state index contributed by atoms with van der Waals surface area (Å²) in [5, 5.41) is 28.3. The lowest BCUT2D eigenvalue weighted by molar-refractivity contribution is 1.05. The Bertz CT molecular complexity index is 2530. The van der Waals surface area contributed by atoms with Gasteiger partial charge in [-0.2, -0.15) is 5.11 Å². The fraction of sp³-hybridized carbons (Fsp3) is 0.105. The Morgan fingerprint density at radius 3 is 2.02 bits per heavy atom. The molecule has 1 aliphatic rings. The number of nitrogen functional groups attached to an aromatic ring is 1. The van der Waals surface area contributed by atoms with E-state index in [-0.39, 0.29) is 0 Å². The summed E-state index contributed by atoms with van der Waals surface area (Å²) >= 11 is 4.73. The Labute approximate surface area is 265 Å². The summed E-state index contributed by atoms with van der Waals surface area (Å²) in [6.45, 7) is 13.0. The van der Waals surface area contributed by atoms with E-state index in [4.69, 9.17) is 39.4 Å². The minimum absolute atomic E-state index is 0.680. The van der Waals surface area contributed by atoms with Crippen molar-refractivity contribution in [2.24, 2.45) is 26.2 Å². The second kappa shape index (κ2) is 11.0. The lowest BCUT2D eigenvalue weighted by atomic mass is 9.97. The number of anilines is 1. The van der Waals surface area contributed by atoms with Gasteiger partial charge in [0, 0.05) is 37.7 Å². The van der Waals surface area contributed by atoms with Crippen molar-refractivity contribution in [2.75, 3.05) is 5.73 Å². The van der Waals surface area contributed by atoms with Gasteiger partial charge in [-0.15, -0.1) is 28.0 Å². The molecule has 0 saturated heterocycles. The standard InChI is InChI=1S/C38H32N6S/c1-20-17-24-9-5-13-29(39)28(24)19-33(20)43-41-31-15-7-11-26-22(3)37-27(21(2)36(26)31)12-8-16-32(37)42-44-38-23(4)35-25(18-34(38)45)10-6-14-30(35)40/h6-12,14-19,45H,2-3,5,13,39-40H2,1,4H3. The first-order valence-electron chi connectivity index (χ1n) is 14.8. The Balaban J connectivity index is 1.37. The number of azo groups is 2. The maximum absolute atomic E-state index is 6.33. The van der Waals surface area contributed by atoms with Gasteiger partial charge in [0.15, 0.2) is 0 Å². The fourth-order valence-electron chi connectivity index (χ4n) is 6.45. The average molecular weight is 605 g/mol. The predicted octanol–water partition coefficient (Wildman–Crippen LogP) is 7.93. The van der Waals surface area contributed by atoms with Crippen LogP contribution in [0.25, 0.3) is 57.2 Å². The van der Waals surface area contributed by atoms with Crippen LogP contribution < -0.4 is 32.3 Å². The van der Waals surface area contributed by atoms with Gasteiger partial charge in [-0.05, 0) is 106 Å². The Hall–Kier alpha value is -5.27. The summed E-state index contributed by atoms with van der Waals surface area (Å²) in [5.74, 6) is 0. The van der Waals surface area contributed by atoms with E-state index in [1.807, 2.05) is 80.6 Å². The third kappa shape index (κ3) is 4.76. The van der Waals surface area contributed by atoms with Crippen molar-refractivity contribution in [3.05, 3.63) is 105 Å². The Morgan fingerprint density at radius 2 is 1.33 bits per heavy atom. The van der Waals surface area contributed by atoms with Crippen molar-refractivity contribution in [1.29, 1.82) is 0 Å². The molecule has 1 aliphatic carbocycles. The third-order valence-corrected chi connectivity index (χ3v) is 9.09. The monoisotopic (exact) mass is 604 g/mol. The van der Waals surface area contributed by atoms with E-state index in [1.165, 1.54) is 0 Å². The molecular formula is C38H32N6S.